The van der Waals surface area contributed by atoms with Crippen molar-refractivity contribution in [1.29, 1.82) is 0 Å². The molecule has 0 radical (unpaired) electrons. The lowest BCUT2D eigenvalue weighted by molar-refractivity contribution is -0.137. The lowest BCUT2D eigenvalue weighted by Crippen LogP contribution is -2.49. The van der Waals surface area contributed by atoms with Crippen LogP contribution in [0.15, 0.2) is 0 Å². The van der Waals surface area contributed by atoms with Crippen LogP contribution >= 0.6 is 0 Å². The summed E-state index contributed by atoms with van der Waals surface area (Å²) in [6, 6.07) is -0.422. The molecule has 4 heteroatoms. The third-order valence-electron chi connectivity index (χ3n) is 3.75. The first-order chi connectivity index (χ1) is 8.01. The zero-order valence-electron chi connectivity index (χ0n) is 11.1. The van der Waals surface area contributed by atoms with E-state index in [1.165, 1.54) is 0 Å². The maximum absolute atomic E-state index is 11.9. The van der Waals surface area contributed by atoms with Gasteiger partial charge in [0.2, 0.25) is 11.8 Å². The highest BCUT2D eigenvalue weighted by molar-refractivity contribution is 5.88. The molecule has 4 nitrogen and oxygen atoms in total. The molecule has 1 rings (SSSR count). The Hall–Kier alpha value is -1.06. The van der Waals surface area contributed by atoms with Crippen molar-refractivity contribution in [1.82, 2.24) is 4.90 Å². The first kappa shape index (κ1) is 14.0. The topological polar surface area (TPSA) is 63.4 Å². The molecular formula is C13H24N2O2. The van der Waals surface area contributed by atoms with Crippen molar-refractivity contribution in [2.24, 2.45) is 17.6 Å². The normalized spacial score (nSPS) is 23.8. The zero-order chi connectivity index (χ0) is 13.0. The third-order valence-corrected chi connectivity index (χ3v) is 3.75. The van der Waals surface area contributed by atoms with Gasteiger partial charge >= 0.3 is 0 Å². The lowest BCUT2D eigenvalue weighted by atomic mass is 9.97. The lowest BCUT2D eigenvalue weighted by Gasteiger charge is -2.30. The molecule has 0 aliphatic carbocycles. The van der Waals surface area contributed by atoms with Crippen LogP contribution in [-0.4, -0.2) is 29.3 Å². The molecule has 0 spiro atoms. The van der Waals surface area contributed by atoms with Gasteiger partial charge in [-0.05, 0) is 18.3 Å². The molecular weight excluding hydrogens is 216 g/mol. The molecule has 0 saturated carbocycles. The highest BCUT2D eigenvalue weighted by atomic mass is 16.2. The van der Waals surface area contributed by atoms with E-state index in [0.717, 1.165) is 19.3 Å². The summed E-state index contributed by atoms with van der Waals surface area (Å²) in [5, 5.41) is 0. The number of carbonyl (C=O) groups is 2. The summed E-state index contributed by atoms with van der Waals surface area (Å²) in [5.41, 5.74) is 5.44. The molecule has 0 bridgehead atoms. The Morgan fingerprint density at radius 1 is 1.53 bits per heavy atom. The number of hydrogen-bond donors (Lipinski definition) is 1. The van der Waals surface area contributed by atoms with Crippen LogP contribution in [0.5, 0.6) is 0 Å². The second-order valence-electron chi connectivity index (χ2n) is 5.14. The van der Waals surface area contributed by atoms with Crippen LogP contribution in [0.3, 0.4) is 0 Å². The Morgan fingerprint density at radius 3 is 2.65 bits per heavy atom. The number of nitrogens with zero attached hydrogens (tertiary/aromatic N) is 1. The summed E-state index contributed by atoms with van der Waals surface area (Å²) in [6.45, 7) is 6.82. The molecule has 1 aliphatic rings. The SMILES string of the molecule is CCC[C@@H]1CC(=O)N([C@H](C(N)=O)C(C)CC)C1. The second kappa shape index (κ2) is 6.03. The monoisotopic (exact) mass is 240 g/mol. The first-order valence-corrected chi connectivity index (χ1v) is 6.60. The van der Waals surface area contributed by atoms with Gasteiger partial charge in [-0.25, -0.2) is 0 Å². The van der Waals surface area contributed by atoms with Crippen molar-refractivity contribution in [3.8, 4) is 0 Å². The molecule has 2 amide bonds. The Labute approximate surface area is 104 Å². The van der Waals surface area contributed by atoms with E-state index in [2.05, 4.69) is 6.92 Å². The average molecular weight is 240 g/mol. The van der Waals surface area contributed by atoms with Crippen molar-refractivity contribution >= 4 is 11.8 Å². The molecule has 3 atom stereocenters. The fourth-order valence-corrected chi connectivity index (χ4v) is 2.64. The van der Waals surface area contributed by atoms with Gasteiger partial charge in [0.15, 0.2) is 0 Å². The number of likely N-dealkylation sites (tertiary alicyclic amines) is 1. The van der Waals surface area contributed by atoms with E-state index >= 15 is 0 Å². The van der Waals surface area contributed by atoms with Gasteiger partial charge in [-0.2, -0.15) is 0 Å². The third kappa shape index (κ3) is 3.20. The van der Waals surface area contributed by atoms with E-state index in [0.29, 0.717) is 18.9 Å². The molecule has 1 saturated heterocycles. The van der Waals surface area contributed by atoms with Crippen molar-refractivity contribution < 1.29 is 9.59 Å². The molecule has 98 valence electrons. The largest absolute Gasteiger partial charge is 0.368 e. The van der Waals surface area contributed by atoms with Crippen LogP contribution in [0.1, 0.15) is 46.5 Å². The van der Waals surface area contributed by atoms with Gasteiger partial charge in [0, 0.05) is 13.0 Å². The summed E-state index contributed by atoms with van der Waals surface area (Å²) in [5.74, 6) is 0.257. The molecule has 1 heterocycles. The molecule has 17 heavy (non-hydrogen) atoms. The summed E-state index contributed by atoms with van der Waals surface area (Å²) < 4.78 is 0. The number of nitrogens with two attached hydrogens (primary N) is 1. The van der Waals surface area contributed by atoms with Crippen molar-refractivity contribution in [3.05, 3.63) is 0 Å². The molecule has 0 aromatic rings. The Kier molecular flexibility index (Phi) is 4.97. The van der Waals surface area contributed by atoms with Crippen LogP contribution in [-0.2, 0) is 9.59 Å². The van der Waals surface area contributed by atoms with Gasteiger partial charge in [-0.1, -0.05) is 33.6 Å². The minimum absolute atomic E-state index is 0.0903. The quantitative estimate of drug-likeness (QED) is 0.765. The highest BCUT2D eigenvalue weighted by Crippen LogP contribution is 2.27. The van der Waals surface area contributed by atoms with Gasteiger partial charge < -0.3 is 10.6 Å². The smallest absolute Gasteiger partial charge is 0.240 e. The van der Waals surface area contributed by atoms with Gasteiger partial charge in [0.25, 0.3) is 0 Å². The van der Waals surface area contributed by atoms with Gasteiger partial charge in [-0.3, -0.25) is 9.59 Å². The van der Waals surface area contributed by atoms with Gasteiger partial charge in [0.1, 0.15) is 6.04 Å². The molecule has 1 aliphatic heterocycles. The van der Waals surface area contributed by atoms with E-state index in [1.54, 1.807) is 4.90 Å². The molecule has 1 unspecified atom stereocenters. The summed E-state index contributed by atoms with van der Waals surface area (Å²) in [7, 11) is 0. The van der Waals surface area contributed by atoms with Gasteiger partial charge in [0.05, 0.1) is 0 Å². The summed E-state index contributed by atoms with van der Waals surface area (Å²) >= 11 is 0. The summed E-state index contributed by atoms with van der Waals surface area (Å²) in [4.78, 5) is 25.2. The Morgan fingerprint density at radius 2 is 2.18 bits per heavy atom. The highest BCUT2D eigenvalue weighted by Gasteiger charge is 2.38. The predicted octanol–water partition coefficient (Wildman–Crippen LogP) is 1.53. The van der Waals surface area contributed by atoms with E-state index in [4.69, 9.17) is 5.73 Å². The van der Waals surface area contributed by atoms with Crippen molar-refractivity contribution in [3.63, 3.8) is 0 Å². The predicted molar refractivity (Wildman–Crippen MR) is 67.2 cm³/mol. The Bertz CT molecular complexity index is 291. The average Bonchev–Trinajstić information content (AvgIpc) is 2.60. The van der Waals surface area contributed by atoms with Crippen LogP contribution in [0.4, 0.5) is 0 Å². The summed E-state index contributed by atoms with van der Waals surface area (Å²) in [6.07, 6.45) is 3.56. The first-order valence-electron chi connectivity index (χ1n) is 6.60. The molecule has 1 fully saturated rings. The maximum atomic E-state index is 11.9. The minimum Gasteiger partial charge on any atom is -0.368 e. The van der Waals surface area contributed by atoms with E-state index < -0.39 is 6.04 Å². The molecule has 2 N–H and O–H groups in total. The second-order valence-corrected chi connectivity index (χ2v) is 5.14. The van der Waals surface area contributed by atoms with Crippen LogP contribution in [0.25, 0.3) is 0 Å². The van der Waals surface area contributed by atoms with E-state index in [9.17, 15) is 9.59 Å². The van der Waals surface area contributed by atoms with Gasteiger partial charge in [-0.15, -0.1) is 0 Å². The molecule has 0 aromatic carbocycles. The van der Waals surface area contributed by atoms with Crippen LogP contribution < -0.4 is 5.73 Å². The van der Waals surface area contributed by atoms with E-state index in [1.807, 2.05) is 13.8 Å². The standard InChI is InChI=1S/C13H24N2O2/c1-4-6-10-7-11(16)15(8-10)12(13(14)17)9(3)5-2/h9-10,12H,4-8H2,1-3H3,(H2,14,17)/t9?,10-,12+/m1/s1. The van der Waals surface area contributed by atoms with Crippen LogP contribution in [0, 0.1) is 11.8 Å². The fraction of sp³-hybridized carbons (Fsp3) is 0.846. The zero-order valence-corrected chi connectivity index (χ0v) is 11.1. The van der Waals surface area contributed by atoms with Crippen molar-refractivity contribution in [2.75, 3.05) is 6.54 Å². The van der Waals surface area contributed by atoms with Crippen LogP contribution in [0.2, 0.25) is 0 Å². The maximum Gasteiger partial charge on any atom is 0.240 e. The number of primary amides is 1. The minimum atomic E-state index is -0.422. The Balaban J connectivity index is 2.75. The number of rotatable bonds is 6. The number of hydrogen-bond acceptors (Lipinski definition) is 2. The number of amides is 2. The number of carbonyl (C=O) groups excluding carboxylic acids is 2. The molecule has 0 aromatic heterocycles. The van der Waals surface area contributed by atoms with E-state index in [-0.39, 0.29) is 17.7 Å². The van der Waals surface area contributed by atoms with Crippen molar-refractivity contribution in [2.45, 2.75) is 52.5 Å². The fourth-order valence-electron chi connectivity index (χ4n) is 2.64.